The van der Waals surface area contributed by atoms with Crippen molar-refractivity contribution in [3.05, 3.63) is 71.8 Å². The summed E-state index contributed by atoms with van der Waals surface area (Å²) in [6.07, 6.45) is 0. The third-order valence-electron chi connectivity index (χ3n) is 7.41. The summed E-state index contributed by atoms with van der Waals surface area (Å²) in [5.41, 5.74) is 15.6. The molecule has 0 unspecified atom stereocenters. The van der Waals surface area contributed by atoms with Crippen molar-refractivity contribution >= 4 is 28.7 Å². The van der Waals surface area contributed by atoms with Crippen LogP contribution in [0, 0.1) is 13.8 Å². The van der Waals surface area contributed by atoms with E-state index in [4.69, 9.17) is 22.9 Å². The number of rotatable bonds is 9. The molecular weight excluding hydrogens is 502 g/mol. The number of aromatic nitrogens is 2. The number of benzene rings is 3. The van der Waals surface area contributed by atoms with E-state index in [1.807, 2.05) is 16.7 Å². The zero-order chi connectivity index (χ0) is 28.3. The molecular formula is C32H39N5OS. The summed E-state index contributed by atoms with van der Waals surface area (Å²) in [6.45, 7) is 16.7. The van der Waals surface area contributed by atoms with Crippen LogP contribution in [0.5, 0.6) is 5.75 Å². The number of nitrogens with two attached hydrogens (primary N) is 1. The van der Waals surface area contributed by atoms with Gasteiger partial charge in [0, 0.05) is 54.2 Å². The van der Waals surface area contributed by atoms with E-state index in [9.17, 15) is 5.11 Å². The van der Waals surface area contributed by atoms with Gasteiger partial charge in [-0.05, 0) is 113 Å². The first kappa shape index (κ1) is 28.2. The summed E-state index contributed by atoms with van der Waals surface area (Å²) >= 11 is 5.63. The van der Waals surface area contributed by atoms with E-state index < -0.39 is 0 Å². The molecule has 4 aromatic rings. The van der Waals surface area contributed by atoms with E-state index in [1.54, 1.807) is 12.1 Å². The first-order chi connectivity index (χ1) is 18.7. The third kappa shape index (κ3) is 5.50. The van der Waals surface area contributed by atoms with Crippen LogP contribution in [0.2, 0.25) is 0 Å². The minimum Gasteiger partial charge on any atom is -0.508 e. The summed E-state index contributed by atoms with van der Waals surface area (Å²) in [5.74, 6) is 0.838. The van der Waals surface area contributed by atoms with E-state index in [0.29, 0.717) is 5.82 Å². The number of aryl methyl sites for hydroxylation is 2. The molecule has 204 valence electrons. The van der Waals surface area contributed by atoms with Crippen LogP contribution in [0.3, 0.4) is 0 Å². The molecule has 0 fully saturated rings. The van der Waals surface area contributed by atoms with Crippen LogP contribution in [0.4, 0.5) is 11.4 Å². The molecule has 3 N–H and O–H groups in total. The summed E-state index contributed by atoms with van der Waals surface area (Å²) < 4.78 is 1.87. The van der Waals surface area contributed by atoms with Crippen LogP contribution < -0.4 is 15.5 Å². The number of hydrogen-bond acceptors (Lipinski definition) is 5. The molecule has 0 saturated carbocycles. The number of phenols is 1. The molecule has 0 bridgehead atoms. The van der Waals surface area contributed by atoms with Crippen molar-refractivity contribution in [3.8, 4) is 39.7 Å². The third-order valence-corrected chi connectivity index (χ3v) is 7.59. The van der Waals surface area contributed by atoms with Crippen LogP contribution in [0.25, 0.3) is 33.9 Å². The van der Waals surface area contributed by atoms with Gasteiger partial charge in [0.15, 0.2) is 5.11 Å². The Labute approximate surface area is 237 Å². The molecule has 0 radical (unpaired) electrons. The van der Waals surface area contributed by atoms with Gasteiger partial charge in [-0.2, -0.15) is 0 Å². The fourth-order valence-electron chi connectivity index (χ4n) is 5.27. The van der Waals surface area contributed by atoms with Gasteiger partial charge in [0.1, 0.15) is 11.6 Å². The highest BCUT2D eigenvalue weighted by Gasteiger charge is 2.25. The first-order valence-electron chi connectivity index (χ1n) is 13.7. The molecule has 0 aliphatic heterocycles. The van der Waals surface area contributed by atoms with E-state index >= 15 is 0 Å². The number of phenolic OH excluding ortho intramolecular Hbond substituents is 1. The Kier molecular flexibility index (Phi) is 8.60. The van der Waals surface area contributed by atoms with Gasteiger partial charge < -0.3 is 20.6 Å². The van der Waals surface area contributed by atoms with Gasteiger partial charge in [0.05, 0.1) is 11.4 Å². The topological polar surface area (TPSA) is 70.5 Å². The van der Waals surface area contributed by atoms with Crippen LogP contribution in [0.1, 0.15) is 38.8 Å². The van der Waals surface area contributed by atoms with E-state index in [1.165, 1.54) is 11.4 Å². The van der Waals surface area contributed by atoms with Crippen LogP contribution in [-0.2, 0) is 0 Å². The lowest BCUT2D eigenvalue weighted by atomic mass is 9.97. The summed E-state index contributed by atoms with van der Waals surface area (Å²) in [7, 11) is 0. The molecule has 4 rings (SSSR count). The first-order valence-corrected chi connectivity index (χ1v) is 14.1. The number of imidazole rings is 1. The van der Waals surface area contributed by atoms with E-state index in [-0.39, 0.29) is 10.9 Å². The van der Waals surface area contributed by atoms with Crippen molar-refractivity contribution in [3.63, 3.8) is 0 Å². The molecule has 6 nitrogen and oxygen atoms in total. The maximum absolute atomic E-state index is 9.91. The molecule has 1 heterocycles. The second-order valence-electron chi connectivity index (χ2n) is 9.70. The average Bonchev–Trinajstić information content (AvgIpc) is 3.31. The van der Waals surface area contributed by atoms with Crippen molar-refractivity contribution < 1.29 is 5.11 Å². The highest BCUT2D eigenvalue weighted by Crippen LogP contribution is 2.40. The smallest absolute Gasteiger partial charge is 0.176 e. The zero-order valence-corrected chi connectivity index (χ0v) is 24.6. The quantitative estimate of drug-likeness (QED) is 0.223. The monoisotopic (exact) mass is 541 g/mol. The molecule has 0 aliphatic carbocycles. The maximum atomic E-state index is 9.91. The van der Waals surface area contributed by atoms with E-state index in [2.05, 4.69) is 87.7 Å². The molecule has 0 aliphatic rings. The maximum Gasteiger partial charge on any atom is 0.176 e. The van der Waals surface area contributed by atoms with Crippen molar-refractivity contribution in [2.45, 2.75) is 41.5 Å². The molecule has 3 aromatic carbocycles. The van der Waals surface area contributed by atoms with Gasteiger partial charge in [-0.25, -0.2) is 4.98 Å². The number of anilines is 2. The summed E-state index contributed by atoms with van der Waals surface area (Å²) in [5, 5.41) is 10.1. The lowest BCUT2D eigenvalue weighted by Crippen LogP contribution is -2.22. The van der Waals surface area contributed by atoms with Crippen LogP contribution in [-0.4, -0.2) is 45.9 Å². The Morgan fingerprint density at radius 2 is 1.28 bits per heavy atom. The van der Waals surface area contributed by atoms with E-state index in [0.717, 1.165) is 65.4 Å². The standard InChI is InChI=1S/C32H39N5OS/c1-7-35(8-2)24-13-17-27(21(5)19-24)29-30(28-18-14-25(20-22(28)6)36(9-3)10-4)37(32(33)39)31(34-29)23-11-15-26(38)16-12-23/h11-20,38H,7-10H2,1-6H3,(H2,33,39). The highest BCUT2D eigenvalue weighted by atomic mass is 32.1. The van der Waals surface area contributed by atoms with Gasteiger partial charge >= 0.3 is 0 Å². The molecule has 7 heteroatoms. The summed E-state index contributed by atoms with van der Waals surface area (Å²) in [4.78, 5) is 9.84. The fourth-order valence-corrected chi connectivity index (χ4v) is 5.45. The zero-order valence-electron chi connectivity index (χ0n) is 23.8. The van der Waals surface area contributed by atoms with Gasteiger partial charge in [-0.3, -0.25) is 4.57 Å². The lowest BCUT2D eigenvalue weighted by Gasteiger charge is -2.23. The Hall–Kier alpha value is -3.84. The molecule has 0 amide bonds. The molecule has 39 heavy (non-hydrogen) atoms. The Bertz CT molecular complexity index is 1470. The van der Waals surface area contributed by atoms with Gasteiger partial charge in [0.25, 0.3) is 0 Å². The largest absolute Gasteiger partial charge is 0.508 e. The number of aromatic hydroxyl groups is 1. The highest BCUT2D eigenvalue weighted by molar-refractivity contribution is 7.80. The molecule has 0 saturated heterocycles. The number of hydrogen-bond donors (Lipinski definition) is 2. The van der Waals surface area contributed by atoms with Gasteiger partial charge in [0.2, 0.25) is 0 Å². The van der Waals surface area contributed by atoms with Crippen molar-refractivity contribution in [2.24, 2.45) is 5.73 Å². The second-order valence-corrected chi connectivity index (χ2v) is 10.1. The van der Waals surface area contributed by atoms with Crippen molar-refractivity contribution in [2.75, 3.05) is 36.0 Å². The number of thiocarbonyl (C=S) groups is 1. The van der Waals surface area contributed by atoms with Gasteiger partial charge in [-0.1, -0.05) is 12.1 Å². The Morgan fingerprint density at radius 1 is 0.795 bits per heavy atom. The van der Waals surface area contributed by atoms with Crippen molar-refractivity contribution in [1.29, 1.82) is 0 Å². The molecule has 1 aromatic heterocycles. The van der Waals surface area contributed by atoms with Crippen LogP contribution in [0.15, 0.2) is 60.7 Å². The van der Waals surface area contributed by atoms with Crippen molar-refractivity contribution in [1.82, 2.24) is 9.55 Å². The minimum absolute atomic E-state index is 0.193. The lowest BCUT2D eigenvalue weighted by molar-refractivity contribution is 0.475. The summed E-state index contributed by atoms with van der Waals surface area (Å²) in [6, 6.07) is 20.1. The van der Waals surface area contributed by atoms with Crippen LogP contribution >= 0.6 is 12.2 Å². The molecule has 0 atom stereocenters. The normalized spacial score (nSPS) is 11.0. The molecule has 0 spiro atoms. The Balaban J connectivity index is 2.01. The van der Waals surface area contributed by atoms with Gasteiger partial charge in [-0.15, -0.1) is 0 Å². The average molecular weight is 542 g/mol. The predicted octanol–water partition coefficient (Wildman–Crippen LogP) is 6.99. The number of nitrogens with zero attached hydrogens (tertiary/aromatic N) is 4. The SMILES string of the molecule is CCN(CC)c1ccc(-c2nc(-c3ccc(O)cc3)n(C(N)=S)c2-c2ccc(N(CC)CC)cc2C)c(C)c1. The fraction of sp³-hybridized carbons (Fsp3) is 0.312. The second kappa shape index (κ2) is 11.9. The minimum atomic E-state index is 0.193. The predicted molar refractivity (Wildman–Crippen MR) is 169 cm³/mol. The Morgan fingerprint density at radius 3 is 1.72 bits per heavy atom.